The van der Waals surface area contributed by atoms with Crippen LogP contribution in [0.4, 0.5) is 17.1 Å². The number of hydrogen-bond donors (Lipinski definition) is 2. The van der Waals surface area contributed by atoms with Gasteiger partial charge in [0.05, 0.1) is 0 Å². The summed E-state index contributed by atoms with van der Waals surface area (Å²) in [4.78, 5) is 14.4. The van der Waals surface area contributed by atoms with Gasteiger partial charge in [-0.25, -0.2) is 0 Å². The number of carbonyl (C=O) groups excluding carboxylic acids is 1. The topological polar surface area (TPSA) is 62.8 Å². The molecule has 6 heteroatoms. The standard InChI is InChI=1S/C19H23N3O3/c1-13(19(23)21-14-4-7-16(8-5-14)22(2)3)20-15-6-9-17-18(12-15)25-11-10-24-17/h4-9,12-13,20H,10-11H2,1-3H3,(H,21,23). The van der Waals surface area contributed by atoms with Crippen LogP contribution in [0, 0.1) is 0 Å². The highest BCUT2D eigenvalue weighted by molar-refractivity contribution is 5.96. The van der Waals surface area contributed by atoms with Crippen molar-refractivity contribution < 1.29 is 14.3 Å². The predicted molar refractivity (Wildman–Crippen MR) is 99.9 cm³/mol. The van der Waals surface area contributed by atoms with Gasteiger partial charge < -0.3 is 25.0 Å². The molecule has 1 aliphatic rings. The fraction of sp³-hybridized carbons (Fsp3) is 0.316. The highest BCUT2D eigenvalue weighted by Crippen LogP contribution is 2.32. The molecule has 2 N–H and O–H groups in total. The zero-order valence-electron chi connectivity index (χ0n) is 14.7. The van der Waals surface area contributed by atoms with Crippen LogP contribution in [0.3, 0.4) is 0 Å². The second-order valence-corrected chi connectivity index (χ2v) is 6.16. The Balaban J connectivity index is 1.60. The number of carbonyl (C=O) groups is 1. The zero-order valence-corrected chi connectivity index (χ0v) is 14.7. The first-order valence-corrected chi connectivity index (χ1v) is 8.27. The lowest BCUT2D eigenvalue weighted by atomic mass is 10.2. The summed E-state index contributed by atoms with van der Waals surface area (Å²) in [6, 6.07) is 12.9. The van der Waals surface area contributed by atoms with Crippen molar-refractivity contribution in [2.45, 2.75) is 13.0 Å². The largest absolute Gasteiger partial charge is 0.486 e. The van der Waals surface area contributed by atoms with E-state index in [2.05, 4.69) is 10.6 Å². The summed E-state index contributed by atoms with van der Waals surface area (Å²) in [6.07, 6.45) is 0. The summed E-state index contributed by atoms with van der Waals surface area (Å²) in [5.74, 6) is 1.32. The number of benzene rings is 2. The maximum Gasteiger partial charge on any atom is 0.246 e. The number of nitrogens with one attached hydrogen (secondary N) is 2. The molecule has 25 heavy (non-hydrogen) atoms. The SMILES string of the molecule is CC(Nc1ccc2c(c1)OCCO2)C(=O)Nc1ccc(N(C)C)cc1. The Hall–Kier alpha value is -2.89. The van der Waals surface area contributed by atoms with Crippen LogP contribution in [0.5, 0.6) is 11.5 Å². The van der Waals surface area contributed by atoms with Gasteiger partial charge >= 0.3 is 0 Å². The minimum atomic E-state index is -0.393. The van der Waals surface area contributed by atoms with Crippen LogP contribution >= 0.6 is 0 Å². The second kappa shape index (κ2) is 7.34. The number of rotatable bonds is 5. The van der Waals surface area contributed by atoms with E-state index in [0.717, 1.165) is 22.8 Å². The highest BCUT2D eigenvalue weighted by Gasteiger charge is 2.16. The van der Waals surface area contributed by atoms with E-state index in [0.29, 0.717) is 19.0 Å². The Labute approximate surface area is 147 Å². The van der Waals surface area contributed by atoms with Gasteiger partial charge in [0.2, 0.25) is 5.91 Å². The van der Waals surface area contributed by atoms with Crippen molar-refractivity contribution in [3.05, 3.63) is 42.5 Å². The second-order valence-electron chi connectivity index (χ2n) is 6.16. The number of anilines is 3. The third kappa shape index (κ3) is 4.15. The summed E-state index contributed by atoms with van der Waals surface area (Å²) < 4.78 is 11.1. The van der Waals surface area contributed by atoms with Gasteiger partial charge in [0.25, 0.3) is 0 Å². The summed E-state index contributed by atoms with van der Waals surface area (Å²) >= 11 is 0. The van der Waals surface area contributed by atoms with E-state index in [9.17, 15) is 4.79 Å². The van der Waals surface area contributed by atoms with Crippen molar-refractivity contribution in [3.8, 4) is 11.5 Å². The quantitative estimate of drug-likeness (QED) is 0.875. The van der Waals surface area contributed by atoms with E-state index in [4.69, 9.17) is 9.47 Å². The van der Waals surface area contributed by atoms with Gasteiger partial charge in [-0.1, -0.05) is 0 Å². The fourth-order valence-electron chi connectivity index (χ4n) is 2.54. The third-order valence-electron chi connectivity index (χ3n) is 3.97. The smallest absolute Gasteiger partial charge is 0.246 e. The number of fused-ring (bicyclic) bond motifs is 1. The van der Waals surface area contributed by atoms with Crippen molar-refractivity contribution in [3.63, 3.8) is 0 Å². The monoisotopic (exact) mass is 341 g/mol. The van der Waals surface area contributed by atoms with Gasteiger partial charge in [0.1, 0.15) is 19.3 Å². The molecule has 1 unspecified atom stereocenters. The molecule has 0 saturated heterocycles. The van der Waals surface area contributed by atoms with Crippen molar-refractivity contribution in [1.82, 2.24) is 0 Å². The van der Waals surface area contributed by atoms with E-state index in [1.54, 1.807) is 0 Å². The van der Waals surface area contributed by atoms with E-state index in [1.807, 2.05) is 68.4 Å². The van der Waals surface area contributed by atoms with Gasteiger partial charge in [-0.15, -0.1) is 0 Å². The molecule has 1 atom stereocenters. The first-order chi connectivity index (χ1) is 12.0. The van der Waals surface area contributed by atoms with Gasteiger partial charge in [0.15, 0.2) is 11.5 Å². The highest BCUT2D eigenvalue weighted by atomic mass is 16.6. The zero-order chi connectivity index (χ0) is 17.8. The van der Waals surface area contributed by atoms with Crippen LogP contribution in [-0.4, -0.2) is 39.3 Å². The normalized spacial score (nSPS) is 13.7. The number of hydrogen-bond acceptors (Lipinski definition) is 5. The van der Waals surface area contributed by atoms with Crippen LogP contribution in [0.2, 0.25) is 0 Å². The maximum atomic E-state index is 12.4. The molecule has 0 radical (unpaired) electrons. The molecule has 1 aliphatic heterocycles. The molecular formula is C19H23N3O3. The predicted octanol–water partition coefficient (Wildman–Crippen LogP) is 2.96. The van der Waals surface area contributed by atoms with Crippen LogP contribution in [0.25, 0.3) is 0 Å². The molecule has 132 valence electrons. The molecule has 3 rings (SSSR count). The molecule has 2 aromatic carbocycles. The van der Waals surface area contributed by atoms with E-state index in [1.165, 1.54) is 0 Å². The maximum absolute atomic E-state index is 12.4. The molecule has 0 saturated carbocycles. The van der Waals surface area contributed by atoms with Crippen molar-refractivity contribution in [1.29, 1.82) is 0 Å². The Bertz CT molecular complexity index is 744. The van der Waals surface area contributed by atoms with Gasteiger partial charge in [-0.2, -0.15) is 0 Å². The summed E-state index contributed by atoms with van der Waals surface area (Å²) in [5, 5.41) is 6.10. The van der Waals surface area contributed by atoms with E-state index in [-0.39, 0.29) is 5.91 Å². The Morgan fingerprint density at radius 1 is 1.00 bits per heavy atom. The molecular weight excluding hydrogens is 318 g/mol. The Morgan fingerprint density at radius 2 is 1.64 bits per heavy atom. The lowest BCUT2D eigenvalue weighted by Gasteiger charge is -2.20. The number of amides is 1. The fourth-order valence-corrected chi connectivity index (χ4v) is 2.54. The summed E-state index contributed by atoms with van der Waals surface area (Å²) in [6.45, 7) is 2.92. The average Bonchev–Trinajstić information content (AvgIpc) is 2.62. The number of ether oxygens (including phenoxy) is 2. The molecule has 1 heterocycles. The number of nitrogens with zero attached hydrogens (tertiary/aromatic N) is 1. The summed E-state index contributed by atoms with van der Waals surface area (Å²) in [5.41, 5.74) is 2.67. The van der Waals surface area contributed by atoms with E-state index < -0.39 is 6.04 Å². The van der Waals surface area contributed by atoms with Gasteiger partial charge in [-0.05, 0) is 43.3 Å². The molecule has 1 amide bonds. The Morgan fingerprint density at radius 3 is 2.32 bits per heavy atom. The molecule has 0 fully saturated rings. The Kier molecular flexibility index (Phi) is 4.97. The van der Waals surface area contributed by atoms with Gasteiger partial charge in [0, 0.05) is 37.2 Å². The molecule has 0 bridgehead atoms. The van der Waals surface area contributed by atoms with Crippen LogP contribution in [0.15, 0.2) is 42.5 Å². The van der Waals surface area contributed by atoms with Crippen molar-refractivity contribution in [2.24, 2.45) is 0 Å². The first-order valence-electron chi connectivity index (χ1n) is 8.27. The van der Waals surface area contributed by atoms with Crippen LogP contribution in [0.1, 0.15) is 6.92 Å². The minimum Gasteiger partial charge on any atom is -0.486 e. The van der Waals surface area contributed by atoms with Crippen molar-refractivity contribution >= 4 is 23.0 Å². The minimum absolute atomic E-state index is 0.104. The van der Waals surface area contributed by atoms with E-state index >= 15 is 0 Å². The average molecular weight is 341 g/mol. The van der Waals surface area contributed by atoms with Crippen LogP contribution in [-0.2, 0) is 4.79 Å². The molecule has 0 aromatic heterocycles. The molecule has 2 aromatic rings. The molecule has 0 spiro atoms. The molecule has 6 nitrogen and oxygen atoms in total. The third-order valence-corrected chi connectivity index (χ3v) is 3.97. The lowest BCUT2D eigenvalue weighted by molar-refractivity contribution is -0.116. The first kappa shape index (κ1) is 17.0. The summed E-state index contributed by atoms with van der Waals surface area (Å²) in [7, 11) is 3.96. The lowest BCUT2D eigenvalue weighted by Crippen LogP contribution is -2.31. The van der Waals surface area contributed by atoms with Crippen molar-refractivity contribution in [2.75, 3.05) is 42.8 Å². The molecule has 0 aliphatic carbocycles. The van der Waals surface area contributed by atoms with Crippen LogP contribution < -0.4 is 25.0 Å². The van der Waals surface area contributed by atoms with Gasteiger partial charge in [-0.3, -0.25) is 4.79 Å².